The van der Waals surface area contributed by atoms with Gasteiger partial charge in [0.1, 0.15) is 5.54 Å². The van der Waals surface area contributed by atoms with E-state index in [9.17, 15) is 5.11 Å². The second-order valence-electron chi connectivity index (χ2n) is 4.24. The van der Waals surface area contributed by atoms with E-state index in [0.29, 0.717) is 5.71 Å². The van der Waals surface area contributed by atoms with E-state index in [-0.39, 0.29) is 57.3 Å². The van der Waals surface area contributed by atoms with Crippen LogP contribution in [0.5, 0.6) is 0 Å². The fourth-order valence-corrected chi connectivity index (χ4v) is 2.42. The number of nitrogens with zero attached hydrogens (tertiary/aromatic N) is 1. The summed E-state index contributed by atoms with van der Waals surface area (Å²) < 4.78 is 0. The van der Waals surface area contributed by atoms with Crippen molar-refractivity contribution in [1.82, 2.24) is 4.90 Å². The number of hydrogen-bond donors (Lipinski definition) is 1. The van der Waals surface area contributed by atoms with Crippen LogP contribution in [0.2, 0.25) is 0 Å². The van der Waals surface area contributed by atoms with Gasteiger partial charge in [-0.05, 0) is 36.1 Å². The fraction of sp³-hybridized carbons (Fsp3) is 0.154. The van der Waals surface area contributed by atoms with Crippen LogP contribution in [-0.4, -0.2) is 10.6 Å². The number of hydrogen-bond acceptors (Lipinski definition) is 3. The Kier molecular flexibility index (Phi) is 3.35. The molecule has 4 heteroatoms. The summed E-state index contributed by atoms with van der Waals surface area (Å²) in [7, 11) is 0. The van der Waals surface area contributed by atoms with Crippen LogP contribution in [0, 0.1) is 5.41 Å². The van der Waals surface area contributed by atoms with Crippen LogP contribution in [-0.2, 0) is 5.54 Å². The Bertz CT molecular complexity index is 550. The molecular formula is C13H11KN2O. The van der Waals surface area contributed by atoms with Gasteiger partial charge in [0.15, 0.2) is 0 Å². The average Bonchev–Trinajstić information content (AvgIpc) is 2.51. The van der Waals surface area contributed by atoms with E-state index in [1.807, 2.05) is 37.3 Å². The Morgan fingerprint density at radius 2 is 2.00 bits per heavy atom. The van der Waals surface area contributed by atoms with Crippen LogP contribution in [0.25, 0.3) is 6.08 Å². The van der Waals surface area contributed by atoms with Crippen LogP contribution in [0.15, 0.2) is 42.4 Å². The monoisotopic (exact) mass is 250 g/mol. The Morgan fingerprint density at radius 3 is 2.76 bits per heavy atom. The third-order valence-corrected chi connectivity index (χ3v) is 3.40. The van der Waals surface area contributed by atoms with Gasteiger partial charge in [-0.2, -0.15) is 0 Å². The first kappa shape index (κ1) is 13.0. The normalized spacial score (nSPS) is 24.9. The molecule has 2 aliphatic heterocycles. The first-order chi connectivity index (χ1) is 7.64. The largest absolute Gasteiger partial charge is 1.00 e. The van der Waals surface area contributed by atoms with E-state index in [0.717, 1.165) is 11.1 Å². The maximum atomic E-state index is 11.7. The first-order valence-electron chi connectivity index (χ1n) is 5.19. The van der Waals surface area contributed by atoms with Gasteiger partial charge in [0.05, 0.1) is 5.71 Å². The zero-order chi connectivity index (χ0) is 11.3. The molecule has 1 aromatic carbocycles. The third kappa shape index (κ3) is 1.67. The van der Waals surface area contributed by atoms with Crippen molar-refractivity contribution in [3.63, 3.8) is 0 Å². The molecule has 0 bridgehead atoms. The molecule has 0 spiro atoms. The van der Waals surface area contributed by atoms with Gasteiger partial charge in [0.25, 0.3) is 0 Å². The predicted octanol–water partition coefficient (Wildman–Crippen LogP) is -1.57. The minimum absolute atomic E-state index is 0. The maximum Gasteiger partial charge on any atom is 1.00 e. The molecule has 3 rings (SSSR count). The molecule has 3 nitrogen and oxygen atoms in total. The minimum Gasteiger partial charge on any atom is -0.860 e. The molecule has 0 aliphatic carbocycles. The number of nitrogens with one attached hydrogen (secondary N) is 1. The SMILES string of the molecule is CC12C(=N)C=C([O-])N1C=Cc1ccccc12.[K+]. The molecule has 0 amide bonds. The predicted molar refractivity (Wildman–Crippen MR) is 60.5 cm³/mol. The van der Waals surface area contributed by atoms with Gasteiger partial charge in [-0.25, -0.2) is 0 Å². The van der Waals surface area contributed by atoms with E-state index in [1.54, 1.807) is 11.1 Å². The van der Waals surface area contributed by atoms with Gasteiger partial charge in [-0.15, -0.1) is 0 Å². The van der Waals surface area contributed by atoms with Gasteiger partial charge >= 0.3 is 51.4 Å². The molecule has 17 heavy (non-hydrogen) atoms. The number of rotatable bonds is 0. The Morgan fingerprint density at radius 1 is 1.29 bits per heavy atom. The molecular weight excluding hydrogens is 239 g/mol. The van der Waals surface area contributed by atoms with E-state index >= 15 is 0 Å². The Hall–Kier alpha value is -0.394. The summed E-state index contributed by atoms with van der Waals surface area (Å²) in [6.45, 7) is 1.92. The Labute approximate surface area is 143 Å². The van der Waals surface area contributed by atoms with Crippen LogP contribution >= 0.6 is 0 Å². The zero-order valence-corrected chi connectivity index (χ0v) is 13.0. The van der Waals surface area contributed by atoms with Gasteiger partial charge in [-0.1, -0.05) is 24.3 Å². The molecule has 2 heterocycles. The van der Waals surface area contributed by atoms with Crippen molar-refractivity contribution in [2.45, 2.75) is 12.5 Å². The van der Waals surface area contributed by atoms with Crippen LogP contribution < -0.4 is 56.5 Å². The summed E-state index contributed by atoms with van der Waals surface area (Å²) in [6.07, 6.45) is 5.08. The van der Waals surface area contributed by atoms with Crippen molar-refractivity contribution < 1.29 is 56.5 Å². The van der Waals surface area contributed by atoms with Crippen LogP contribution in [0.1, 0.15) is 18.1 Å². The molecule has 1 atom stereocenters. The second-order valence-corrected chi connectivity index (χ2v) is 4.24. The zero-order valence-electron chi connectivity index (χ0n) is 9.90. The van der Waals surface area contributed by atoms with Gasteiger partial charge in [0, 0.05) is 6.20 Å². The molecule has 1 unspecified atom stereocenters. The van der Waals surface area contributed by atoms with Crippen molar-refractivity contribution in [2.75, 3.05) is 0 Å². The molecule has 1 aromatic rings. The van der Waals surface area contributed by atoms with Crippen molar-refractivity contribution in [3.8, 4) is 0 Å². The van der Waals surface area contributed by atoms with Gasteiger partial charge < -0.3 is 15.4 Å². The van der Waals surface area contributed by atoms with Crippen molar-refractivity contribution >= 4 is 11.8 Å². The summed E-state index contributed by atoms with van der Waals surface area (Å²) in [5, 5.41) is 19.7. The van der Waals surface area contributed by atoms with Crippen LogP contribution in [0.4, 0.5) is 0 Å². The molecule has 80 valence electrons. The topological polar surface area (TPSA) is 50.1 Å². The quantitative estimate of drug-likeness (QED) is 0.566. The average molecular weight is 250 g/mol. The van der Waals surface area contributed by atoms with E-state index < -0.39 is 5.54 Å². The maximum absolute atomic E-state index is 11.7. The first-order valence-corrected chi connectivity index (χ1v) is 5.19. The number of benzene rings is 1. The summed E-state index contributed by atoms with van der Waals surface area (Å²) in [5.74, 6) is -0.113. The molecule has 0 radical (unpaired) electrons. The molecule has 0 aromatic heterocycles. The van der Waals surface area contributed by atoms with E-state index in [4.69, 9.17) is 5.41 Å². The summed E-state index contributed by atoms with van der Waals surface area (Å²) in [4.78, 5) is 1.62. The minimum atomic E-state index is -0.623. The molecule has 2 aliphatic rings. The summed E-state index contributed by atoms with van der Waals surface area (Å²) >= 11 is 0. The summed E-state index contributed by atoms with van der Waals surface area (Å²) in [6, 6.07) is 7.89. The van der Waals surface area contributed by atoms with Gasteiger partial charge in [-0.3, -0.25) is 0 Å². The van der Waals surface area contributed by atoms with Crippen molar-refractivity contribution in [3.05, 3.63) is 53.6 Å². The van der Waals surface area contributed by atoms with Gasteiger partial charge in [0.2, 0.25) is 0 Å². The van der Waals surface area contributed by atoms with Crippen molar-refractivity contribution in [1.29, 1.82) is 5.41 Å². The second kappa shape index (κ2) is 4.37. The smallest absolute Gasteiger partial charge is 0.860 e. The number of fused-ring (bicyclic) bond motifs is 3. The standard InChI is InChI=1S/C13H12N2O.K/c1-13-10-5-3-2-4-9(10)6-7-15(13)12(16)8-11(13)14;/h2-8,14,16H,1H3;/q;+1/p-1. The van der Waals surface area contributed by atoms with Crippen molar-refractivity contribution in [2.24, 2.45) is 0 Å². The third-order valence-electron chi connectivity index (χ3n) is 3.40. The van der Waals surface area contributed by atoms with E-state index in [1.165, 1.54) is 6.08 Å². The summed E-state index contributed by atoms with van der Waals surface area (Å²) in [5.41, 5.74) is 1.83. The fourth-order valence-electron chi connectivity index (χ4n) is 2.42. The molecule has 0 fully saturated rings. The molecule has 1 N–H and O–H groups in total. The Balaban J connectivity index is 0.00000108. The molecule has 0 saturated heterocycles. The van der Waals surface area contributed by atoms with E-state index in [2.05, 4.69) is 0 Å². The molecule has 0 saturated carbocycles. The van der Waals surface area contributed by atoms with Crippen LogP contribution in [0.3, 0.4) is 0 Å².